The highest BCUT2D eigenvalue weighted by atomic mass is 16.3. The third-order valence-electron chi connectivity index (χ3n) is 2.87. The van der Waals surface area contributed by atoms with Crippen LogP contribution in [0.1, 0.15) is 22.3 Å². The summed E-state index contributed by atoms with van der Waals surface area (Å²) in [5, 5.41) is 11.5. The van der Waals surface area contributed by atoms with Crippen LogP contribution < -0.4 is 10.9 Å². The highest BCUT2D eigenvalue weighted by molar-refractivity contribution is 6.03. The molecule has 3 N–H and O–H groups in total. The van der Waals surface area contributed by atoms with Crippen molar-refractivity contribution in [2.45, 2.75) is 12.8 Å². The van der Waals surface area contributed by atoms with Gasteiger partial charge in [0.25, 0.3) is 11.5 Å². The number of anilines is 1. The maximum absolute atomic E-state index is 12.0. The van der Waals surface area contributed by atoms with E-state index in [9.17, 15) is 9.59 Å². The van der Waals surface area contributed by atoms with E-state index >= 15 is 0 Å². The van der Waals surface area contributed by atoms with Gasteiger partial charge in [0.1, 0.15) is 5.56 Å². The first-order chi connectivity index (χ1) is 9.70. The second-order valence-corrected chi connectivity index (χ2v) is 4.39. The number of amides is 1. The Kier molecular flexibility index (Phi) is 4.68. The fourth-order valence-electron chi connectivity index (χ4n) is 1.89. The molecule has 0 atom stereocenters. The molecule has 0 spiro atoms. The first kappa shape index (κ1) is 14.0. The molecule has 1 aromatic heterocycles. The van der Waals surface area contributed by atoms with Crippen molar-refractivity contribution in [3.05, 3.63) is 64.1 Å². The van der Waals surface area contributed by atoms with Crippen LogP contribution in [0.5, 0.6) is 0 Å². The van der Waals surface area contributed by atoms with E-state index in [-0.39, 0.29) is 12.2 Å². The van der Waals surface area contributed by atoms with Gasteiger partial charge < -0.3 is 15.4 Å². The zero-order chi connectivity index (χ0) is 14.4. The van der Waals surface area contributed by atoms with Gasteiger partial charge in [-0.3, -0.25) is 9.59 Å². The molecule has 0 fully saturated rings. The first-order valence-electron chi connectivity index (χ1n) is 6.39. The smallest absolute Gasteiger partial charge is 0.261 e. The molecule has 2 aromatic rings. The number of hydrogen-bond donors (Lipinski definition) is 3. The average Bonchev–Trinajstić information content (AvgIpc) is 2.46. The van der Waals surface area contributed by atoms with Crippen molar-refractivity contribution in [2.75, 3.05) is 11.9 Å². The molecule has 0 saturated carbocycles. The number of aliphatic hydroxyl groups excluding tert-OH is 1. The molecule has 5 heteroatoms. The van der Waals surface area contributed by atoms with Crippen LogP contribution >= 0.6 is 0 Å². The molecular weight excluding hydrogens is 256 g/mol. The molecule has 0 aliphatic carbocycles. The van der Waals surface area contributed by atoms with Crippen LogP contribution in [0.15, 0.2) is 47.4 Å². The van der Waals surface area contributed by atoms with Gasteiger partial charge in [-0.05, 0) is 42.7 Å². The zero-order valence-corrected chi connectivity index (χ0v) is 10.9. The SMILES string of the molecule is O=C(Nc1cccc(CCCO)c1)c1ccc[nH]c1=O. The van der Waals surface area contributed by atoms with Gasteiger partial charge in [0.05, 0.1) is 0 Å². The van der Waals surface area contributed by atoms with Gasteiger partial charge >= 0.3 is 0 Å². The topological polar surface area (TPSA) is 82.2 Å². The Hall–Kier alpha value is -2.40. The van der Waals surface area contributed by atoms with Crippen molar-refractivity contribution in [2.24, 2.45) is 0 Å². The van der Waals surface area contributed by atoms with Gasteiger partial charge in [0.15, 0.2) is 0 Å². The van der Waals surface area contributed by atoms with Gasteiger partial charge in [-0.25, -0.2) is 0 Å². The van der Waals surface area contributed by atoms with Crippen LogP contribution in [0.3, 0.4) is 0 Å². The Bertz CT molecular complexity index is 649. The molecule has 104 valence electrons. The van der Waals surface area contributed by atoms with E-state index in [1.165, 1.54) is 12.3 Å². The molecule has 1 aromatic carbocycles. The number of benzene rings is 1. The third-order valence-corrected chi connectivity index (χ3v) is 2.87. The normalized spacial score (nSPS) is 10.2. The predicted molar refractivity (Wildman–Crippen MR) is 76.9 cm³/mol. The molecule has 0 radical (unpaired) electrons. The van der Waals surface area contributed by atoms with E-state index in [0.717, 1.165) is 12.0 Å². The lowest BCUT2D eigenvalue weighted by Crippen LogP contribution is -2.22. The summed E-state index contributed by atoms with van der Waals surface area (Å²) in [5.41, 5.74) is 1.32. The quantitative estimate of drug-likeness (QED) is 0.772. The molecular formula is C15H16N2O3. The van der Waals surface area contributed by atoms with Gasteiger partial charge in [-0.15, -0.1) is 0 Å². The van der Waals surface area contributed by atoms with E-state index in [4.69, 9.17) is 5.11 Å². The summed E-state index contributed by atoms with van der Waals surface area (Å²) in [6.45, 7) is 0.135. The van der Waals surface area contributed by atoms with Crippen LogP contribution in [0, 0.1) is 0 Å². The molecule has 5 nitrogen and oxygen atoms in total. The summed E-state index contributed by atoms with van der Waals surface area (Å²) in [6.07, 6.45) is 2.90. The molecule has 0 bridgehead atoms. The van der Waals surface area contributed by atoms with Gasteiger partial charge in [-0.1, -0.05) is 12.1 Å². The van der Waals surface area contributed by atoms with Crippen LogP contribution in [0.4, 0.5) is 5.69 Å². The minimum absolute atomic E-state index is 0.0771. The number of aromatic nitrogens is 1. The van der Waals surface area contributed by atoms with E-state index in [0.29, 0.717) is 12.1 Å². The van der Waals surface area contributed by atoms with Crippen molar-refractivity contribution < 1.29 is 9.90 Å². The highest BCUT2D eigenvalue weighted by Gasteiger charge is 2.09. The number of nitrogens with one attached hydrogen (secondary N) is 2. The Balaban J connectivity index is 2.12. The van der Waals surface area contributed by atoms with E-state index < -0.39 is 11.5 Å². The maximum atomic E-state index is 12.0. The maximum Gasteiger partial charge on any atom is 0.261 e. The first-order valence-corrected chi connectivity index (χ1v) is 6.39. The van der Waals surface area contributed by atoms with Crippen LogP contribution in [-0.2, 0) is 6.42 Å². The highest BCUT2D eigenvalue weighted by Crippen LogP contribution is 2.13. The number of H-pyrrole nitrogens is 1. The van der Waals surface area contributed by atoms with Crippen molar-refractivity contribution in [1.82, 2.24) is 4.98 Å². The lowest BCUT2D eigenvalue weighted by atomic mass is 10.1. The van der Waals surface area contributed by atoms with Crippen molar-refractivity contribution in [3.63, 3.8) is 0 Å². The Morgan fingerprint density at radius 1 is 1.25 bits per heavy atom. The van der Waals surface area contributed by atoms with E-state index in [1.807, 2.05) is 18.2 Å². The van der Waals surface area contributed by atoms with Crippen LogP contribution in [0.2, 0.25) is 0 Å². The fraction of sp³-hybridized carbons (Fsp3) is 0.200. The van der Waals surface area contributed by atoms with Crippen LogP contribution in [0.25, 0.3) is 0 Å². The number of hydrogen-bond acceptors (Lipinski definition) is 3. The number of aliphatic hydroxyl groups is 1. The minimum atomic E-state index is -0.439. The lowest BCUT2D eigenvalue weighted by molar-refractivity contribution is 0.102. The number of aryl methyl sites for hydroxylation is 1. The molecule has 1 heterocycles. The lowest BCUT2D eigenvalue weighted by Gasteiger charge is -2.07. The van der Waals surface area contributed by atoms with Crippen LogP contribution in [-0.4, -0.2) is 22.6 Å². The minimum Gasteiger partial charge on any atom is -0.396 e. The zero-order valence-electron chi connectivity index (χ0n) is 10.9. The Morgan fingerprint density at radius 3 is 2.85 bits per heavy atom. The largest absolute Gasteiger partial charge is 0.396 e. The van der Waals surface area contributed by atoms with E-state index in [1.54, 1.807) is 12.1 Å². The van der Waals surface area contributed by atoms with E-state index in [2.05, 4.69) is 10.3 Å². The number of aromatic amines is 1. The van der Waals surface area contributed by atoms with Crippen molar-refractivity contribution in [1.29, 1.82) is 0 Å². The van der Waals surface area contributed by atoms with Gasteiger partial charge in [0.2, 0.25) is 0 Å². The fourth-order valence-corrected chi connectivity index (χ4v) is 1.89. The molecule has 2 rings (SSSR count). The third kappa shape index (κ3) is 3.55. The molecule has 0 saturated heterocycles. The molecule has 0 aliphatic rings. The molecule has 1 amide bonds. The molecule has 0 aliphatic heterocycles. The van der Waals surface area contributed by atoms with Gasteiger partial charge in [-0.2, -0.15) is 0 Å². The number of carbonyl (C=O) groups is 1. The van der Waals surface area contributed by atoms with Crippen molar-refractivity contribution >= 4 is 11.6 Å². The molecule has 20 heavy (non-hydrogen) atoms. The summed E-state index contributed by atoms with van der Waals surface area (Å²) < 4.78 is 0. The number of carbonyl (C=O) groups excluding carboxylic acids is 1. The monoisotopic (exact) mass is 272 g/mol. The average molecular weight is 272 g/mol. The summed E-state index contributed by atoms with van der Waals surface area (Å²) >= 11 is 0. The summed E-state index contributed by atoms with van der Waals surface area (Å²) in [7, 11) is 0. The van der Waals surface area contributed by atoms with Crippen molar-refractivity contribution in [3.8, 4) is 0 Å². The number of rotatable bonds is 5. The predicted octanol–water partition coefficient (Wildman–Crippen LogP) is 1.55. The second-order valence-electron chi connectivity index (χ2n) is 4.39. The van der Waals surface area contributed by atoms with Gasteiger partial charge in [0, 0.05) is 18.5 Å². The second kappa shape index (κ2) is 6.68. The molecule has 0 unspecified atom stereocenters. The number of pyridine rings is 1. The summed E-state index contributed by atoms with van der Waals surface area (Å²) in [4.78, 5) is 26.0. The summed E-state index contributed by atoms with van der Waals surface area (Å²) in [6, 6.07) is 10.4. The Morgan fingerprint density at radius 2 is 2.10 bits per heavy atom. The standard InChI is InChI=1S/C15H16N2O3/c18-9-3-5-11-4-1-6-12(10-11)17-15(20)13-7-2-8-16-14(13)19/h1-2,4,6-8,10,18H,3,5,9H2,(H,16,19)(H,17,20). The summed E-state index contributed by atoms with van der Waals surface area (Å²) in [5.74, 6) is -0.439. The Labute approximate surface area is 116 Å².